The van der Waals surface area contributed by atoms with Gasteiger partial charge in [-0.3, -0.25) is 0 Å². The second-order valence-corrected chi connectivity index (χ2v) is 3.21. The number of aliphatic hydroxyl groups is 1. The third kappa shape index (κ3) is 3.52. The van der Waals surface area contributed by atoms with E-state index in [-0.39, 0.29) is 6.10 Å². The molecule has 1 unspecified atom stereocenters. The van der Waals surface area contributed by atoms with Gasteiger partial charge in [0.15, 0.2) is 0 Å². The van der Waals surface area contributed by atoms with Gasteiger partial charge < -0.3 is 14.6 Å². The summed E-state index contributed by atoms with van der Waals surface area (Å²) in [5.74, 6) is 0. The molecule has 1 heterocycles. The topological polar surface area (TPSA) is 38.7 Å². The lowest BCUT2D eigenvalue weighted by Gasteiger charge is -2.23. The number of rotatable bonds is 4. The first-order chi connectivity index (χ1) is 5.83. The second-order valence-electron chi connectivity index (χ2n) is 3.21. The molecule has 0 aromatic carbocycles. The van der Waals surface area contributed by atoms with Crippen LogP contribution in [0.1, 0.15) is 26.2 Å². The van der Waals surface area contributed by atoms with Gasteiger partial charge in [-0.2, -0.15) is 0 Å². The van der Waals surface area contributed by atoms with E-state index in [9.17, 15) is 5.11 Å². The van der Waals surface area contributed by atoms with Crippen molar-refractivity contribution in [2.24, 2.45) is 0 Å². The molecule has 0 aromatic rings. The van der Waals surface area contributed by atoms with Crippen LogP contribution in [0.4, 0.5) is 0 Å². The first-order valence-corrected chi connectivity index (χ1v) is 4.70. The summed E-state index contributed by atoms with van der Waals surface area (Å²) in [4.78, 5) is 0. The normalized spacial score (nSPS) is 22.5. The molecule has 1 aliphatic rings. The molecule has 1 saturated heterocycles. The Hall–Kier alpha value is -0.120. The zero-order valence-corrected chi connectivity index (χ0v) is 7.66. The predicted octanol–water partition coefficient (Wildman–Crippen LogP) is 0.953. The molecule has 72 valence electrons. The van der Waals surface area contributed by atoms with Gasteiger partial charge in [0, 0.05) is 13.2 Å². The highest BCUT2D eigenvalue weighted by Gasteiger charge is 2.14. The Labute approximate surface area is 73.7 Å². The SMILES string of the molecule is CCC(O)COC1CCOCC1. The Kier molecular flexibility index (Phi) is 4.58. The van der Waals surface area contributed by atoms with Crippen molar-refractivity contribution in [1.82, 2.24) is 0 Å². The highest BCUT2D eigenvalue weighted by Crippen LogP contribution is 2.10. The van der Waals surface area contributed by atoms with Gasteiger partial charge in [-0.05, 0) is 19.3 Å². The van der Waals surface area contributed by atoms with Crippen molar-refractivity contribution in [3.8, 4) is 0 Å². The zero-order valence-electron chi connectivity index (χ0n) is 7.66. The summed E-state index contributed by atoms with van der Waals surface area (Å²) in [7, 11) is 0. The first-order valence-electron chi connectivity index (χ1n) is 4.70. The summed E-state index contributed by atoms with van der Waals surface area (Å²) in [5, 5.41) is 9.23. The number of hydrogen-bond acceptors (Lipinski definition) is 3. The Bertz CT molecular complexity index is 110. The van der Waals surface area contributed by atoms with Crippen LogP contribution in [0.15, 0.2) is 0 Å². The maximum Gasteiger partial charge on any atom is 0.0771 e. The molecule has 1 aliphatic heterocycles. The molecule has 0 bridgehead atoms. The van der Waals surface area contributed by atoms with Crippen LogP contribution in [0, 0.1) is 0 Å². The Balaban J connectivity index is 2.05. The molecule has 0 saturated carbocycles. The Morgan fingerprint density at radius 2 is 2.17 bits per heavy atom. The molecule has 0 radical (unpaired) electrons. The van der Waals surface area contributed by atoms with Crippen molar-refractivity contribution < 1.29 is 14.6 Å². The second kappa shape index (κ2) is 5.51. The Morgan fingerprint density at radius 3 is 2.75 bits per heavy atom. The summed E-state index contributed by atoms with van der Waals surface area (Å²) in [6.07, 6.45) is 2.71. The molecule has 0 amide bonds. The number of ether oxygens (including phenoxy) is 2. The lowest BCUT2D eigenvalue weighted by atomic mass is 10.1. The fraction of sp³-hybridized carbons (Fsp3) is 1.00. The quantitative estimate of drug-likeness (QED) is 0.689. The van der Waals surface area contributed by atoms with Crippen molar-refractivity contribution in [2.45, 2.75) is 38.4 Å². The van der Waals surface area contributed by atoms with E-state index in [0.717, 1.165) is 32.5 Å². The fourth-order valence-corrected chi connectivity index (χ4v) is 1.21. The fourth-order valence-electron chi connectivity index (χ4n) is 1.21. The van der Waals surface area contributed by atoms with Gasteiger partial charge in [0.25, 0.3) is 0 Å². The van der Waals surface area contributed by atoms with E-state index in [1.807, 2.05) is 6.92 Å². The summed E-state index contributed by atoms with van der Waals surface area (Å²) in [6.45, 7) is 4.03. The van der Waals surface area contributed by atoms with Gasteiger partial charge in [0.05, 0.1) is 18.8 Å². The zero-order chi connectivity index (χ0) is 8.81. The van der Waals surface area contributed by atoms with Crippen LogP contribution in [0.3, 0.4) is 0 Å². The van der Waals surface area contributed by atoms with E-state index in [2.05, 4.69) is 0 Å². The average Bonchev–Trinajstić information content (AvgIpc) is 2.16. The van der Waals surface area contributed by atoms with Gasteiger partial charge in [-0.25, -0.2) is 0 Å². The van der Waals surface area contributed by atoms with Crippen LogP contribution in [-0.4, -0.2) is 37.1 Å². The highest BCUT2D eigenvalue weighted by molar-refractivity contribution is 4.63. The molecule has 0 aliphatic carbocycles. The summed E-state index contributed by atoms with van der Waals surface area (Å²) >= 11 is 0. The van der Waals surface area contributed by atoms with Gasteiger partial charge in [-0.1, -0.05) is 6.92 Å². The van der Waals surface area contributed by atoms with Crippen LogP contribution in [0.2, 0.25) is 0 Å². The first kappa shape index (κ1) is 9.96. The standard InChI is InChI=1S/C9H18O3/c1-2-8(10)7-12-9-3-5-11-6-4-9/h8-10H,2-7H2,1H3. The summed E-state index contributed by atoms with van der Waals surface area (Å²) < 4.78 is 10.7. The molecule has 1 atom stereocenters. The molecular formula is C9H18O3. The van der Waals surface area contributed by atoms with Crippen LogP contribution in [0.25, 0.3) is 0 Å². The average molecular weight is 174 g/mol. The van der Waals surface area contributed by atoms with Crippen LogP contribution < -0.4 is 0 Å². The molecular weight excluding hydrogens is 156 g/mol. The molecule has 1 rings (SSSR count). The van der Waals surface area contributed by atoms with E-state index >= 15 is 0 Å². The van der Waals surface area contributed by atoms with Gasteiger partial charge in [0.2, 0.25) is 0 Å². The molecule has 12 heavy (non-hydrogen) atoms. The van der Waals surface area contributed by atoms with Crippen molar-refractivity contribution in [3.63, 3.8) is 0 Å². The minimum Gasteiger partial charge on any atom is -0.391 e. The van der Waals surface area contributed by atoms with Crippen molar-refractivity contribution in [1.29, 1.82) is 0 Å². The smallest absolute Gasteiger partial charge is 0.0771 e. The van der Waals surface area contributed by atoms with Crippen LogP contribution in [-0.2, 0) is 9.47 Å². The van der Waals surface area contributed by atoms with Crippen molar-refractivity contribution in [2.75, 3.05) is 19.8 Å². The van der Waals surface area contributed by atoms with E-state index in [1.165, 1.54) is 0 Å². The maximum atomic E-state index is 9.23. The molecule has 1 N–H and O–H groups in total. The minimum absolute atomic E-state index is 0.298. The predicted molar refractivity (Wildman–Crippen MR) is 46.1 cm³/mol. The van der Waals surface area contributed by atoms with Crippen LogP contribution >= 0.6 is 0 Å². The largest absolute Gasteiger partial charge is 0.391 e. The Morgan fingerprint density at radius 1 is 1.50 bits per heavy atom. The highest BCUT2D eigenvalue weighted by atomic mass is 16.5. The van der Waals surface area contributed by atoms with Gasteiger partial charge >= 0.3 is 0 Å². The van der Waals surface area contributed by atoms with Crippen molar-refractivity contribution in [3.05, 3.63) is 0 Å². The van der Waals surface area contributed by atoms with Crippen LogP contribution in [0.5, 0.6) is 0 Å². The summed E-state index contributed by atoms with van der Waals surface area (Å²) in [5.41, 5.74) is 0. The maximum absolute atomic E-state index is 9.23. The van der Waals surface area contributed by atoms with E-state index < -0.39 is 0 Å². The van der Waals surface area contributed by atoms with E-state index in [4.69, 9.17) is 9.47 Å². The molecule has 0 aromatic heterocycles. The van der Waals surface area contributed by atoms with E-state index in [1.54, 1.807) is 0 Å². The molecule has 3 nitrogen and oxygen atoms in total. The third-order valence-corrected chi connectivity index (χ3v) is 2.16. The van der Waals surface area contributed by atoms with Crippen molar-refractivity contribution >= 4 is 0 Å². The van der Waals surface area contributed by atoms with Gasteiger partial charge in [0.1, 0.15) is 0 Å². The monoisotopic (exact) mass is 174 g/mol. The third-order valence-electron chi connectivity index (χ3n) is 2.16. The molecule has 1 fully saturated rings. The van der Waals surface area contributed by atoms with E-state index in [0.29, 0.717) is 12.7 Å². The van der Waals surface area contributed by atoms with Gasteiger partial charge in [-0.15, -0.1) is 0 Å². The lowest BCUT2D eigenvalue weighted by Crippen LogP contribution is -2.27. The number of hydrogen-bond donors (Lipinski definition) is 1. The molecule has 0 spiro atoms. The molecule has 3 heteroatoms. The number of aliphatic hydroxyl groups excluding tert-OH is 1. The summed E-state index contributed by atoms with van der Waals surface area (Å²) in [6, 6.07) is 0. The minimum atomic E-state index is -0.298. The lowest BCUT2D eigenvalue weighted by molar-refractivity contribution is -0.0594.